The quantitative estimate of drug-likeness (QED) is 0.101. The maximum atomic E-state index is 5.41. The van der Waals surface area contributed by atoms with Gasteiger partial charge in [-0.2, -0.15) is 0 Å². The molecule has 0 aliphatic rings. The summed E-state index contributed by atoms with van der Waals surface area (Å²) in [6, 6.07) is 0. The molecule has 0 aliphatic heterocycles. The average molecular weight is 513 g/mol. The molecule has 0 amide bonds. The molecule has 0 bridgehead atoms. The summed E-state index contributed by atoms with van der Waals surface area (Å²) in [4.78, 5) is 0. The van der Waals surface area contributed by atoms with Crippen LogP contribution in [0.25, 0.3) is 0 Å². The van der Waals surface area contributed by atoms with Crippen molar-refractivity contribution in [1.82, 2.24) is 0 Å². The molecule has 0 radical (unpaired) electrons. The number of hydrogen-bond donors (Lipinski definition) is 1. The van der Waals surface area contributed by atoms with Crippen LogP contribution in [0.1, 0.15) is 0 Å². The smallest absolute Gasteiger partial charge is 0.0977 e. The van der Waals surface area contributed by atoms with Crippen molar-refractivity contribution < 1.29 is 56.0 Å². The molecule has 0 aromatic rings. The molecular formula is C18H39BrClNO8. The van der Waals surface area contributed by atoms with E-state index in [1.54, 1.807) is 0 Å². The van der Waals surface area contributed by atoms with E-state index in [1.165, 1.54) is 0 Å². The summed E-state index contributed by atoms with van der Waals surface area (Å²) in [5, 5.41) is 0.846. The van der Waals surface area contributed by atoms with Crippen LogP contribution in [0.3, 0.4) is 0 Å². The molecule has 0 unspecified atom stereocenters. The number of quaternary nitrogens is 1. The molecule has 3 N–H and O–H groups in total. The molecule has 0 saturated heterocycles. The molecule has 0 atom stereocenters. The van der Waals surface area contributed by atoms with Crippen LogP contribution in [-0.4, -0.2) is 118 Å². The van der Waals surface area contributed by atoms with Crippen molar-refractivity contribution in [3.8, 4) is 0 Å². The molecule has 178 valence electrons. The molecule has 0 aromatic heterocycles. The Morgan fingerprint density at radius 2 is 0.586 bits per heavy atom. The molecule has 0 rings (SSSR count). The van der Waals surface area contributed by atoms with Gasteiger partial charge < -0.3 is 56.0 Å². The highest BCUT2D eigenvalue weighted by Gasteiger charge is 1.95. The van der Waals surface area contributed by atoms with Crippen LogP contribution in [0, 0.1) is 0 Å². The van der Waals surface area contributed by atoms with E-state index >= 15 is 0 Å². The van der Waals surface area contributed by atoms with Crippen LogP contribution in [0.4, 0.5) is 0 Å². The lowest BCUT2D eigenvalue weighted by Gasteiger charge is -2.08. The number of rotatable bonds is 25. The predicted molar refractivity (Wildman–Crippen MR) is 108 cm³/mol. The Bertz CT molecular complexity index is 260. The topological polar surface area (TPSA) is 101 Å². The highest BCUT2D eigenvalue weighted by atomic mass is 79.9. The first-order valence-corrected chi connectivity index (χ1v) is 11.0. The van der Waals surface area contributed by atoms with Gasteiger partial charge in [-0.25, -0.2) is 0 Å². The Morgan fingerprint density at radius 1 is 0.379 bits per heavy atom. The van der Waals surface area contributed by atoms with Gasteiger partial charge in [-0.3, -0.25) is 0 Å². The van der Waals surface area contributed by atoms with E-state index in [9.17, 15) is 0 Å². The number of halogens is 2. The van der Waals surface area contributed by atoms with E-state index in [1.807, 2.05) is 0 Å². The first kappa shape index (κ1) is 31.6. The Balaban J connectivity index is 0. The normalized spacial score (nSPS) is 11.0. The van der Waals surface area contributed by atoms with E-state index in [0.29, 0.717) is 106 Å². The molecular weight excluding hydrogens is 474 g/mol. The zero-order valence-electron chi connectivity index (χ0n) is 17.5. The van der Waals surface area contributed by atoms with Gasteiger partial charge in [-0.1, -0.05) is 15.9 Å². The maximum absolute atomic E-state index is 5.41. The summed E-state index contributed by atoms with van der Waals surface area (Å²) in [7, 11) is 0. The van der Waals surface area contributed by atoms with Gasteiger partial charge in [-0.05, 0) is 0 Å². The minimum Gasteiger partial charge on any atom is -1.00 e. The highest BCUT2D eigenvalue weighted by Crippen LogP contribution is 1.86. The number of ether oxygens (including phenoxy) is 8. The minimum atomic E-state index is 0. The van der Waals surface area contributed by atoms with E-state index < -0.39 is 0 Å². The van der Waals surface area contributed by atoms with Gasteiger partial charge in [0, 0.05) is 5.33 Å². The Hall–Kier alpha value is 0.410. The van der Waals surface area contributed by atoms with E-state index in [2.05, 4.69) is 21.7 Å². The summed E-state index contributed by atoms with van der Waals surface area (Å²) in [6.45, 7) is 10.1. The third-order valence-corrected chi connectivity index (χ3v) is 3.44. The van der Waals surface area contributed by atoms with Crippen LogP contribution < -0.4 is 18.1 Å². The Labute approximate surface area is 189 Å². The molecule has 0 heterocycles. The summed E-state index contributed by atoms with van der Waals surface area (Å²) >= 11 is 3.29. The molecule has 0 fully saturated rings. The lowest BCUT2D eigenvalue weighted by molar-refractivity contribution is -0.374. The summed E-state index contributed by atoms with van der Waals surface area (Å²) in [5.74, 6) is 0. The van der Waals surface area contributed by atoms with E-state index in [4.69, 9.17) is 37.9 Å². The molecule has 9 nitrogen and oxygen atoms in total. The van der Waals surface area contributed by atoms with E-state index in [-0.39, 0.29) is 12.4 Å². The van der Waals surface area contributed by atoms with Crippen molar-refractivity contribution in [3.63, 3.8) is 0 Å². The molecule has 11 heteroatoms. The number of hydrogen-bond acceptors (Lipinski definition) is 8. The van der Waals surface area contributed by atoms with Crippen molar-refractivity contribution in [2.75, 3.05) is 118 Å². The Kier molecular flexibility index (Phi) is 33.3. The first-order chi connectivity index (χ1) is 13.9. The Morgan fingerprint density at radius 3 is 0.793 bits per heavy atom. The maximum Gasteiger partial charge on any atom is 0.0977 e. The second-order valence-electron chi connectivity index (χ2n) is 5.44. The van der Waals surface area contributed by atoms with Gasteiger partial charge in [-0.15, -0.1) is 0 Å². The first-order valence-electron chi connectivity index (χ1n) is 9.89. The second kappa shape index (κ2) is 30.6. The third-order valence-electron chi connectivity index (χ3n) is 3.11. The zero-order valence-corrected chi connectivity index (χ0v) is 19.8. The van der Waals surface area contributed by atoms with Gasteiger partial charge in [0.25, 0.3) is 0 Å². The largest absolute Gasteiger partial charge is 1.00 e. The number of alkyl halides is 1. The van der Waals surface area contributed by atoms with Crippen molar-refractivity contribution in [3.05, 3.63) is 0 Å². The van der Waals surface area contributed by atoms with Crippen LogP contribution in [0.2, 0.25) is 0 Å². The van der Waals surface area contributed by atoms with Gasteiger partial charge in [0.2, 0.25) is 0 Å². The monoisotopic (exact) mass is 511 g/mol. The van der Waals surface area contributed by atoms with Crippen molar-refractivity contribution in [1.29, 1.82) is 0 Å². The summed E-state index contributed by atoms with van der Waals surface area (Å²) in [6.07, 6.45) is 0. The van der Waals surface area contributed by atoms with Crippen molar-refractivity contribution in [2.45, 2.75) is 0 Å². The van der Waals surface area contributed by atoms with Gasteiger partial charge in [0.1, 0.15) is 0 Å². The van der Waals surface area contributed by atoms with Gasteiger partial charge in [0.15, 0.2) is 0 Å². The molecule has 0 aromatic carbocycles. The fourth-order valence-electron chi connectivity index (χ4n) is 1.80. The fourth-order valence-corrected chi connectivity index (χ4v) is 2.03. The van der Waals surface area contributed by atoms with Crippen molar-refractivity contribution >= 4 is 15.9 Å². The highest BCUT2D eigenvalue weighted by molar-refractivity contribution is 9.09. The van der Waals surface area contributed by atoms with Gasteiger partial charge >= 0.3 is 0 Å². The lowest BCUT2D eigenvalue weighted by Crippen LogP contribution is -3.00. The SMILES string of the molecule is [Cl-].[NH3+]CCOCCOCCOCCOCCOCCOCCOCCOCCBr. The molecule has 29 heavy (non-hydrogen) atoms. The molecule has 0 aliphatic carbocycles. The van der Waals surface area contributed by atoms with Gasteiger partial charge in [0.05, 0.1) is 112 Å². The average Bonchev–Trinajstić information content (AvgIpc) is 2.71. The summed E-state index contributed by atoms with van der Waals surface area (Å²) < 4.78 is 42.8. The summed E-state index contributed by atoms with van der Waals surface area (Å²) in [5.41, 5.74) is 3.69. The minimum absolute atomic E-state index is 0. The van der Waals surface area contributed by atoms with E-state index in [0.717, 1.165) is 11.9 Å². The fraction of sp³-hybridized carbons (Fsp3) is 1.00. The van der Waals surface area contributed by atoms with Crippen molar-refractivity contribution in [2.24, 2.45) is 0 Å². The van der Waals surface area contributed by atoms with Crippen LogP contribution in [0.15, 0.2) is 0 Å². The molecule has 0 spiro atoms. The van der Waals surface area contributed by atoms with Crippen LogP contribution in [-0.2, 0) is 37.9 Å². The van der Waals surface area contributed by atoms with Crippen LogP contribution >= 0.6 is 15.9 Å². The molecule has 0 saturated carbocycles. The zero-order chi connectivity index (χ0) is 20.4. The lowest BCUT2D eigenvalue weighted by atomic mass is 10.6. The second-order valence-corrected chi connectivity index (χ2v) is 6.23. The third kappa shape index (κ3) is 30.7. The predicted octanol–water partition coefficient (Wildman–Crippen LogP) is -3.24. The standard InChI is InChI=1S/C18H38BrNO8.ClH/c19-1-3-21-5-7-23-9-11-25-13-15-27-17-18-28-16-14-26-12-10-24-8-6-22-4-2-20;/h1-18,20H2;1H. The van der Waals surface area contributed by atoms with Crippen LogP contribution in [0.5, 0.6) is 0 Å².